The van der Waals surface area contributed by atoms with Crippen molar-refractivity contribution in [2.75, 3.05) is 39.6 Å². The highest BCUT2D eigenvalue weighted by atomic mass is 31.2. The maximum Gasteiger partial charge on any atom is 0.472 e. The molecule has 13 heteroatoms. The van der Waals surface area contributed by atoms with Crippen LogP contribution in [0.5, 0.6) is 0 Å². The number of hydrogen-bond acceptors (Lipinski definition) is 9. The lowest BCUT2D eigenvalue weighted by Crippen LogP contribution is -2.40. The fraction of sp³-hybridized carbons (Fsp3) is 1.00. The Morgan fingerprint density at radius 1 is 0.905 bits per heavy atom. The molecule has 0 atom stereocenters. The second kappa shape index (κ2) is 5.38. The molecule has 0 spiro atoms. The van der Waals surface area contributed by atoms with Gasteiger partial charge in [0.25, 0.3) is 0 Å². The van der Waals surface area contributed by atoms with Gasteiger partial charge in [0.2, 0.25) is 0 Å². The molecule has 4 rings (SSSR count). The fourth-order valence-corrected chi connectivity index (χ4v) is 5.56. The zero-order valence-electron chi connectivity index (χ0n) is 10.7. The summed E-state index contributed by atoms with van der Waals surface area (Å²) in [6.07, 6.45) is 0. The number of phosphoric ester groups is 1. The summed E-state index contributed by atoms with van der Waals surface area (Å²) in [5.41, 5.74) is -1.63. The second-order valence-electron chi connectivity index (χ2n) is 5.10. The molecule has 4 aliphatic rings. The third-order valence-electron chi connectivity index (χ3n) is 3.25. The molecule has 0 aliphatic carbocycles. The summed E-state index contributed by atoms with van der Waals surface area (Å²) in [6, 6.07) is 0. The van der Waals surface area contributed by atoms with Crippen molar-refractivity contribution in [3.63, 3.8) is 0 Å². The molecule has 4 bridgehead atoms. The molecular weight excluding hydrogens is 349 g/mol. The minimum atomic E-state index is -4.24. The van der Waals surface area contributed by atoms with Crippen LogP contribution in [0.4, 0.5) is 0 Å². The van der Waals surface area contributed by atoms with Gasteiger partial charge in [-0.05, 0) is 0 Å². The number of phosphoric acid groups is 1. The van der Waals surface area contributed by atoms with Gasteiger partial charge < -0.3 is 23.0 Å². The minimum Gasteiger partial charge on any atom is -0.309 e. The molecule has 0 aromatic rings. The molecule has 4 aliphatic heterocycles. The lowest BCUT2D eigenvalue weighted by atomic mass is 10.1. The third-order valence-corrected chi connectivity index (χ3v) is 6.59. The molecular formula is C8H13O10P3. The van der Waals surface area contributed by atoms with E-state index in [4.69, 9.17) is 36.2 Å². The Kier molecular flexibility index (Phi) is 3.91. The molecule has 120 valence electrons. The zero-order valence-corrected chi connectivity index (χ0v) is 13.4. The summed E-state index contributed by atoms with van der Waals surface area (Å²) in [5, 5.41) is 0. The Labute approximate surface area is 122 Å². The van der Waals surface area contributed by atoms with Crippen molar-refractivity contribution in [3.8, 4) is 0 Å². The van der Waals surface area contributed by atoms with E-state index in [-0.39, 0.29) is 39.6 Å². The monoisotopic (exact) mass is 362 g/mol. The molecule has 21 heavy (non-hydrogen) atoms. The Hall–Kier alpha value is 0.730. The highest BCUT2D eigenvalue weighted by Crippen LogP contribution is 2.60. The van der Waals surface area contributed by atoms with E-state index in [9.17, 15) is 9.46 Å². The lowest BCUT2D eigenvalue weighted by Gasteiger charge is -2.25. The van der Waals surface area contributed by atoms with Crippen LogP contribution in [-0.4, -0.2) is 55.7 Å². The molecule has 0 unspecified atom stereocenters. The lowest BCUT2D eigenvalue weighted by molar-refractivity contribution is -0.0108. The van der Waals surface area contributed by atoms with Crippen molar-refractivity contribution in [1.29, 1.82) is 0 Å². The van der Waals surface area contributed by atoms with Crippen LogP contribution < -0.4 is 0 Å². The molecule has 0 saturated carbocycles. The Morgan fingerprint density at radius 3 is 1.57 bits per heavy atom. The van der Waals surface area contributed by atoms with Gasteiger partial charge in [0.1, 0.15) is 11.2 Å². The van der Waals surface area contributed by atoms with Crippen LogP contribution in [0.25, 0.3) is 0 Å². The van der Waals surface area contributed by atoms with Gasteiger partial charge in [-0.25, -0.2) is 4.57 Å². The van der Waals surface area contributed by atoms with Crippen LogP contribution in [0.2, 0.25) is 0 Å². The molecule has 0 aromatic heterocycles. The Balaban J connectivity index is 1.29. The molecule has 10 nitrogen and oxygen atoms in total. The van der Waals surface area contributed by atoms with Gasteiger partial charge in [0.15, 0.2) is 0 Å². The summed E-state index contributed by atoms with van der Waals surface area (Å²) in [4.78, 5) is 9.73. The predicted octanol–water partition coefficient (Wildman–Crippen LogP) is 1.21. The van der Waals surface area contributed by atoms with Crippen molar-refractivity contribution in [2.24, 2.45) is 0 Å². The van der Waals surface area contributed by atoms with Crippen LogP contribution >= 0.6 is 25.0 Å². The van der Waals surface area contributed by atoms with E-state index < -0.39 is 36.2 Å². The first kappa shape index (κ1) is 15.3. The van der Waals surface area contributed by atoms with Gasteiger partial charge >= 0.3 is 25.0 Å². The SMILES string of the molecule is O=P(O)(OCC12COP(OC1)O2)OCC12COP(OC1)O2. The molecule has 0 amide bonds. The molecule has 0 aromatic carbocycles. The summed E-state index contributed by atoms with van der Waals surface area (Å²) in [5.74, 6) is 0. The van der Waals surface area contributed by atoms with Crippen molar-refractivity contribution >= 4 is 25.0 Å². The van der Waals surface area contributed by atoms with Crippen LogP contribution in [0.3, 0.4) is 0 Å². The number of fused-ring (bicyclic) bond motifs is 4. The van der Waals surface area contributed by atoms with Crippen LogP contribution in [-0.2, 0) is 40.8 Å². The van der Waals surface area contributed by atoms with Gasteiger partial charge in [-0.2, -0.15) is 0 Å². The standard InChI is InChI=1S/C8H13O10P3/c9-21(10,15-5-7-1-11-19(17-7)12-2-7)16-6-8-3-13-20(18-8)14-4-8/h1-6H2,(H,9,10). The van der Waals surface area contributed by atoms with Crippen molar-refractivity contribution in [2.45, 2.75) is 11.2 Å². The van der Waals surface area contributed by atoms with Crippen molar-refractivity contribution in [3.05, 3.63) is 0 Å². The Morgan fingerprint density at radius 2 is 1.29 bits per heavy atom. The largest absolute Gasteiger partial charge is 0.472 e. The average molecular weight is 362 g/mol. The van der Waals surface area contributed by atoms with E-state index >= 15 is 0 Å². The van der Waals surface area contributed by atoms with Gasteiger partial charge in [0, 0.05) is 0 Å². The maximum atomic E-state index is 11.9. The highest BCUT2D eigenvalue weighted by molar-refractivity contribution is 7.47. The van der Waals surface area contributed by atoms with Crippen LogP contribution in [0.1, 0.15) is 0 Å². The second-order valence-corrected chi connectivity index (χ2v) is 8.85. The van der Waals surface area contributed by atoms with E-state index in [1.807, 2.05) is 0 Å². The number of rotatable bonds is 6. The number of hydrogen-bond donors (Lipinski definition) is 1. The van der Waals surface area contributed by atoms with E-state index in [1.54, 1.807) is 0 Å². The smallest absolute Gasteiger partial charge is 0.309 e. The molecule has 0 radical (unpaired) electrons. The first-order chi connectivity index (χ1) is 9.99. The summed E-state index contributed by atoms with van der Waals surface area (Å²) < 4.78 is 53.4. The van der Waals surface area contributed by atoms with Crippen molar-refractivity contribution < 1.29 is 45.6 Å². The third kappa shape index (κ3) is 3.06. The average Bonchev–Trinajstić information content (AvgIpc) is 3.24. The molecule has 4 saturated heterocycles. The first-order valence-corrected chi connectivity index (χ1v) is 9.79. The fourth-order valence-electron chi connectivity index (χ4n) is 2.02. The maximum absolute atomic E-state index is 11.9. The molecule has 1 N–H and O–H groups in total. The van der Waals surface area contributed by atoms with Crippen LogP contribution in [0.15, 0.2) is 0 Å². The summed E-state index contributed by atoms with van der Waals surface area (Å²) >= 11 is 0. The van der Waals surface area contributed by atoms with Crippen molar-refractivity contribution in [1.82, 2.24) is 0 Å². The van der Waals surface area contributed by atoms with E-state index in [0.717, 1.165) is 0 Å². The minimum absolute atomic E-state index is 0.146. The highest BCUT2D eigenvalue weighted by Gasteiger charge is 2.53. The van der Waals surface area contributed by atoms with Gasteiger partial charge in [-0.3, -0.25) is 18.1 Å². The van der Waals surface area contributed by atoms with Gasteiger partial charge in [-0.15, -0.1) is 0 Å². The summed E-state index contributed by atoms with van der Waals surface area (Å²) in [7, 11) is -6.90. The summed E-state index contributed by atoms with van der Waals surface area (Å²) in [6.45, 7) is 0.811. The van der Waals surface area contributed by atoms with Crippen LogP contribution in [0, 0.1) is 0 Å². The Bertz CT molecular complexity index is 419. The predicted molar refractivity (Wildman–Crippen MR) is 67.0 cm³/mol. The molecule has 4 heterocycles. The van der Waals surface area contributed by atoms with Gasteiger partial charge in [-0.1, -0.05) is 0 Å². The zero-order chi connectivity index (χ0) is 14.6. The van der Waals surface area contributed by atoms with Gasteiger partial charge in [0.05, 0.1) is 39.6 Å². The van der Waals surface area contributed by atoms with E-state index in [0.29, 0.717) is 0 Å². The quantitative estimate of drug-likeness (QED) is 0.692. The topological polar surface area (TPSA) is 111 Å². The van der Waals surface area contributed by atoms with E-state index in [2.05, 4.69) is 0 Å². The normalized spacial score (nSPS) is 47.1. The molecule has 4 fully saturated rings. The first-order valence-electron chi connectivity index (χ1n) is 6.10. The van der Waals surface area contributed by atoms with E-state index in [1.165, 1.54) is 0 Å².